The first-order valence-electron chi connectivity index (χ1n) is 8.96. The molecule has 0 aliphatic rings. The smallest absolute Gasteiger partial charge is 0.240 e. The van der Waals surface area contributed by atoms with E-state index in [1.54, 1.807) is 12.1 Å². The molecule has 0 aromatic heterocycles. The third kappa shape index (κ3) is 4.93. The first-order valence-corrected chi connectivity index (χ1v) is 10.8. The van der Waals surface area contributed by atoms with Gasteiger partial charge in [-0.1, -0.05) is 54.1 Å². The highest BCUT2D eigenvalue weighted by Gasteiger charge is 2.22. The van der Waals surface area contributed by atoms with Gasteiger partial charge in [0.05, 0.1) is 10.9 Å². The average Bonchev–Trinajstić information content (AvgIpc) is 2.69. The Labute approximate surface area is 171 Å². The summed E-state index contributed by atoms with van der Waals surface area (Å²) in [4.78, 5) is 2.29. The molecule has 6 heteroatoms. The molecule has 0 aliphatic heterocycles. The van der Waals surface area contributed by atoms with Gasteiger partial charge in [0.2, 0.25) is 10.0 Å². The van der Waals surface area contributed by atoms with E-state index >= 15 is 0 Å². The van der Waals surface area contributed by atoms with Gasteiger partial charge in [-0.25, -0.2) is 13.1 Å². The Morgan fingerprint density at radius 3 is 2.29 bits per heavy atom. The van der Waals surface area contributed by atoms with Crippen LogP contribution in [0.5, 0.6) is 0 Å². The molecule has 0 bridgehead atoms. The van der Waals surface area contributed by atoms with Gasteiger partial charge in [0.25, 0.3) is 0 Å². The first kappa shape index (κ1) is 20.4. The number of aryl methyl sites for hydroxylation is 1. The maximum Gasteiger partial charge on any atom is 0.240 e. The predicted octanol–water partition coefficient (Wildman–Crippen LogP) is 4.80. The second-order valence-corrected chi connectivity index (χ2v) is 8.89. The molecule has 0 fully saturated rings. The van der Waals surface area contributed by atoms with E-state index in [0.717, 1.165) is 16.8 Å². The van der Waals surface area contributed by atoms with Crippen molar-refractivity contribution in [1.82, 2.24) is 4.72 Å². The minimum Gasteiger partial charge on any atom is -0.366 e. The van der Waals surface area contributed by atoms with E-state index in [0.29, 0.717) is 5.02 Å². The predicted molar refractivity (Wildman–Crippen MR) is 115 cm³/mol. The zero-order chi connectivity index (χ0) is 20.1. The number of rotatable bonds is 7. The number of anilines is 1. The van der Waals surface area contributed by atoms with Crippen molar-refractivity contribution < 1.29 is 8.42 Å². The number of likely N-dealkylation sites (N-methyl/N-ethyl adjacent to an activating group) is 1. The Kier molecular flexibility index (Phi) is 6.39. The molecule has 0 spiro atoms. The third-order valence-corrected chi connectivity index (χ3v) is 6.34. The molecule has 1 atom stereocenters. The van der Waals surface area contributed by atoms with E-state index in [9.17, 15) is 8.42 Å². The van der Waals surface area contributed by atoms with Crippen LogP contribution in [0.15, 0.2) is 83.8 Å². The molecule has 3 rings (SSSR count). The molecule has 4 nitrogen and oxygen atoms in total. The van der Waals surface area contributed by atoms with Crippen LogP contribution >= 0.6 is 11.6 Å². The highest BCUT2D eigenvalue weighted by molar-refractivity contribution is 7.89. The van der Waals surface area contributed by atoms with Crippen LogP contribution in [-0.2, 0) is 10.0 Å². The van der Waals surface area contributed by atoms with Crippen molar-refractivity contribution in [2.24, 2.45) is 0 Å². The number of sulfonamides is 1. The number of hydrogen-bond donors (Lipinski definition) is 1. The second-order valence-electron chi connectivity index (χ2n) is 6.68. The van der Waals surface area contributed by atoms with Gasteiger partial charge >= 0.3 is 0 Å². The molecule has 1 N–H and O–H groups in total. The minimum absolute atomic E-state index is 0.162. The lowest BCUT2D eigenvalue weighted by Crippen LogP contribution is -2.36. The van der Waals surface area contributed by atoms with Crippen molar-refractivity contribution in [2.45, 2.75) is 17.9 Å². The lowest BCUT2D eigenvalue weighted by molar-refractivity contribution is 0.567. The van der Waals surface area contributed by atoms with E-state index in [1.807, 2.05) is 62.5 Å². The van der Waals surface area contributed by atoms with Crippen molar-refractivity contribution in [1.29, 1.82) is 0 Å². The molecular weight excluding hydrogens is 392 g/mol. The standard InChI is InChI=1S/C22H23ClN2O2S/c1-17-7-6-10-20(15-17)25(2)22(18-8-4-3-5-9-18)16-24-28(26,27)21-13-11-19(23)12-14-21/h3-15,22,24H,16H2,1-2H3. The maximum absolute atomic E-state index is 12.7. The van der Waals surface area contributed by atoms with Gasteiger partial charge in [0.1, 0.15) is 0 Å². The molecule has 0 radical (unpaired) electrons. The van der Waals surface area contributed by atoms with Gasteiger partial charge in [-0.2, -0.15) is 0 Å². The Hall–Kier alpha value is -2.34. The number of nitrogens with one attached hydrogen (secondary N) is 1. The molecule has 1 unspecified atom stereocenters. The summed E-state index contributed by atoms with van der Waals surface area (Å²) in [5.74, 6) is 0. The summed E-state index contributed by atoms with van der Waals surface area (Å²) in [7, 11) is -1.66. The summed E-state index contributed by atoms with van der Waals surface area (Å²) in [5, 5.41) is 0.500. The lowest BCUT2D eigenvalue weighted by atomic mass is 10.0. The lowest BCUT2D eigenvalue weighted by Gasteiger charge is -2.31. The Bertz CT molecular complexity index is 1020. The van der Waals surface area contributed by atoms with E-state index in [-0.39, 0.29) is 17.5 Å². The van der Waals surface area contributed by atoms with Gasteiger partial charge in [0.15, 0.2) is 0 Å². The number of nitrogens with zero attached hydrogens (tertiary/aromatic N) is 1. The van der Waals surface area contributed by atoms with Gasteiger partial charge in [-0.3, -0.25) is 0 Å². The van der Waals surface area contributed by atoms with Crippen LogP contribution in [0.4, 0.5) is 5.69 Å². The summed E-state index contributed by atoms with van der Waals surface area (Å²) < 4.78 is 28.2. The summed E-state index contributed by atoms with van der Waals surface area (Å²) in [5.41, 5.74) is 3.21. The zero-order valence-corrected chi connectivity index (χ0v) is 17.4. The van der Waals surface area contributed by atoms with Crippen LogP contribution in [0.2, 0.25) is 5.02 Å². The van der Waals surface area contributed by atoms with Crippen LogP contribution < -0.4 is 9.62 Å². The first-order chi connectivity index (χ1) is 13.4. The molecule has 0 heterocycles. The SMILES string of the molecule is Cc1cccc(N(C)C(CNS(=O)(=O)c2ccc(Cl)cc2)c2ccccc2)c1. The topological polar surface area (TPSA) is 49.4 Å². The molecular formula is C22H23ClN2O2S. The monoisotopic (exact) mass is 414 g/mol. The van der Waals surface area contributed by atoms with Crippen molar-refractivity contribution in [3.05, 3.63) is 95.0 Å². The minimum atomic E-state index is -3.64. The molecule has 3 aromatic carbocycles. The number of halogens is 1. The van der Waals surface area contributed by atoms with E-state index < -0.39 is 10.0 Å². The van der Waals surface area contributed by atoms with Crippen molar-refractivity contribution >= 4 is 27.3 Å². The number of benzene rings is 3. The average molecular weight is 415 g/mol. The molecule has 3 aromatic rings. The zero-order valence-electron chi connectivity index (χ0n) is 15.8. The van der Waals surface area contributed by atoms with Crippen molar-refractivity contribution in [2.75, 3.05) is 18.5 Å². The van der Waals surface area contributed by atoms with Gasteiger partial charge < -0.3 is 4.90 Å². The van der Waals surface area contributed by atoms with Crippen LogP contribution in [-0.4, -0.2) is 22.0 Å². The summed E-state index contributed by atoms with van der Waals surface area (Å²) in [6.45, 7) is 2.28. The summed E-state index contributed by atoms with van der Waals surface area (Å²) in [6.07, 6.45) is 0. The highest BCUT2D eigenvalue weighted by Crippen LogP contribution is 2.26. The normalized spacial score (nSPS) is 12.5. The van der Waals surface area contributed by atoms with Crippen molar-refractivity contribution in [3.63, 3.8) is 0 Å². The van der Waals surface area contributed by atoms with Crippen molar-refractivity contribution in [3.8, 4) is 0 Å². The Morgan fingerprint density at radius 1 is 0.964 bits per heavy atom. The van der Waals surface area contributed by atoms with Gasteiger partial charge in [-0.15, -0.1) is 0 Å². The largest absolute Gasteiger partial charge is 0.366 e. The second kappa shape index (κ2) is 8.78. The molecule has 0 saturated carbocycles. The number of hydrogen-bond acceptors (Lipinski definition) is 3. The maximum atomic E-state index is 12.7. The summed E-state index contributed by atoms with van der Waals surface area (Å²) >= 11 is 5.87. The van der Waals surface area contributed by atoms with E-state index in [2.05, 4.69) is 15.7 Å². The van der Waals surface area contributed by atoms with E-state index in [4.69, 9.17) is 11.6 Å². The molecule has 0 aliphatic carbocycles. The van der Waals surface area contributed by atoms with Crippen LogP contribution in [0.25, 0.3) is 0 Å². The molecule has 0 saturated heterocycles. The van der Waals surface area contributed by atoms with Crippen LogP contribution in [0.1, 0.15) is 17.2 Å². The van der Waals surface area contributed by atoms with E-state index in [1.165, 1.54) is 12.1 Å². The Morgan fingerprint density at radius 2 is 1.64 bits per heavy atom. The van der Waals surface area contributed by atoms with Crippen LogP contribution in [0, 0.1) is 6.92 Å². The third-order valence-electron chi connectivity index (χ3n) is 4.65. The summed E-state index contributed by atoms with van der Waals surface area (Å²) in [6, 6.07) is 24.0. The highest BCUT2D eigenvalue weighted by atomic mass is 35.5. The molecule has 0 amide bonds. The fraction of sp³-hybridized carbons (Fsp3) is 0.182. The van der Waals surface area contributed by atoms with Gasteiger partial charge in [-0.05, 0) is 54.4 Å². The quantitative estimate of drug-likeness (QED) is 0.603. The molecule has 146 valence electrons. The fourth-order valence-electron chi connectivity index (χ4n) is 3.07. The fourth-order valence-corrected chi connectivity index (χ4v) is 4.23. The van der Waals surface area contributed by atoms with Crippen LogP contribution in [0.3, 0.4) is 0 Å². The van der Waals surface area contributed by atoms with Gasteiger partial charge in [0, 0.05) is 24.3 Å². The Balaban J connectivity index is 1.87. The molecule has 28 heavy (non-hydrogen) atoms.